The lowest BCUT2D eigenvalue weighted by molar-refractivity contribution is 0.0947. The van der Waals surface area contributed by atoms with E-state index in [1.807, 2.05) is 18.2 Å². The summed E-state index contributed by atoms with van der Waals surface area (Å²) in [6, 6.07) is 14.2. The highest BCUT2D eigenvalue weighted by atomic mass is 32.2. The van der Waals surface area contributed by atoms with E-state index >= 15 is 0 Å². The number of aryl methyl sites for hydroxylation is 2. The molecule has 0 saturated heterocycles. The van der Waals surface area contributed by atoms with Crippen molar-refractivity contribution in [2.75, 3.05) is 26.8 Å². The molecule has 1 atom stereocenters. The summed E-state index contributed by atoms with van der Waals surface area (Å²) in [5.74, 6) is 0.502. The van der Waals surface area contributed by atoms with Gasteiger partial charge >= 0.3 is 0 Å². The monoisotopic (exact) mass is 620 g/mol. The Hall–Kier alpha value is -4.42. The molecule has 8 bridgehead atoms. The topological polar surface area (TPSA) is 112 Å². The first-order valence-electron chi connectivity index (χ1n) is 14.3. The fourth-order valence-electron chi connectivity index (χ4n) is 5.90. The molecular weight excluding hydrogens is 587 g/mol. The van der Waals surface area contributed by atoms with E-state index in [4.69, 9.17) is 14.2 Å². The number of halogens is 1. The maximum atomic E-state index is 14.6. The van der Waals surface area contributed by atoms with Gasteiger partial charge in [0.2, 0.25) is 10.0 Å². The van der Waals surface area contributed by atoms with E-state index in [2.05, 4.69) is 10.4 Å². The van der Waals surface area contributed by atoms with Crippen molar-refractivity contribution in [2.24, 2.45) is 7.05 Å². The molecule has 4 heterocycles. The van der Waals surface area contributed by atoms with E-state index in [1.54, 1.807) is 43.8 Å². The Balaban J connectivity index is 1.51. The van der Waals surface area contributed by atoms with E-state index in [-0.39, 0.29) is 30.2 Å². The minimum Gasteiger partial charge on any atom is -0.493 e. The maximum Gasteiger partial charge on any atom is 0.254 e. The van der Waals surface area contributed by atoms with E-state index in [1.165, 1.54) is 29.6 Å². The standard InChI is InChI=1S/C32H33FN4O6S/c1-19-31(20(2)36(3)35-19)44(39,40)37-14-12-21-16-23-7-9-25(21)30(37)22-6-11-28(41-4)29(17-22)42-15-5-13-34-32(38)26-18-24(43-23)8-10-27(26)33/h6-11,16-18,30H,5,12-15H2,1-4H3,(H,34,38). The number of fused-ring (bicyclic) bond motifs is 6. The van der Waals surface area contributed by atoms with Gasteiger partial charge in [0.25, 0.3) is 5.91 Å². The van der Waals surface area contributed by atoms with Crippen LogP contribution in [0.15, 0.2) is 59.5 Å². The predicted molar refractivity (Wildman–Crippen MR) is 160 cm³/mol. The van der Waals surface area contributed by atoms with Crippen molar-refractivity contribution in [3.8, 4) is 23.0 Å². The number of sulfonamides is 1. The third-order valence-corrected chi connectivity index (χ3v) is 10.2. The van der Waals surface area contributed by atoms with Crippen LogP contribution in [0.25, 0.3) is 0 Å². The number of hydrogen-bond donors (Lipinski definition) is 1. The van der Waals surface area contributed by atoms with E-state index in [0.29, 0.717) is 52.8 Å². The Morgan fingerprint density at radius 3 is 2.59 bits per heavy atom. The van der Waals surface area contributed by atoms with Crippen LogP contribution in [0.2, 0.25) is 0 Å². The molecule has 0 spiro atoms. The molecule has 3 aliphatic rings. The van der Waals surface area contributed by atoms with Crippen LogP contribution in [-0.4, -0.2) is 55.2 Å². The SMILES string of the molecule is COc1ccc2cc1OCCCNC(=O)c1cc(ccc1F)Oc1ccc3c(c1)CCN(S(=O)(=O)c1c(C)nn(C)c1C)C23. The van der Waals surface area contributed by atoms with Gasteiger partial charge in [0.05, 0.1) is 36.7 Å². The maximum absolute atomic E-state index is 14.6. The van der Waals surface area contributed by atoms with Crippen LogP contribution < -0.4 is 19.5 Å². The minimum absolute atomic E-state index is 0.126. The Labute approximate surface area is 255 Å². The van der Waals surface area contributed by atoms with Gasteiger partial charge in [-0.1, -0.05) is 12.1 Å². The first kappa shape index (κ1) is 29.6. The lowest BCUT2D eigenvalue weighted by Gasteiger charge is -2.37. The van der Waals surface area contributed by atoms with Crippen molar-refractivity contribution in [1.82, 2.24) is 19.4 Å². The molecule has 3 aromatic carbocycles. The Morgan fingerprint density at radius 2 is 1.84 bits per heavy atom. The van der Waals surface area contributed by atoms with Gasteiger partial charge in [0.15, 0.2) is 11.5 Å². The fourth-order valence-corrected chi connectivity index (χ4v) is 7.90. The van der Waals surface area contributed by atoms with Gasteiger partial charge in [-0.2, -0.15) is 9.40 Å². The van der Waals surface area contributed by atoms with Crippen LogP contribution in [0.3, 0.4) is 0 Å². The molecule has 0 saturated carbocycles. The number of hydrogen-bond acceptors (Lipinski definition) is 7. The zero-order valence-electron chi connectivity index (χ0n) is 24.9. The number of rotatable bonds is 3. The van der Waals surface area contributed by atoms with Crippen LogP contribution in [0.1, 0.15) is 50.9 Å². The summed E-state index contributed by atoms with van der Waals surface area (Å²) in [4.78, 5) is 12.9. The summed E-state index contributed by atoms with van der Waals surface area (Å²) >= 11 is 0. The molecule has 1 aromatic heterocycles. The molecule has 4 aromatic rings. The van der Waals surface area contributed by atoms with Gasteiger partial charge in [-0.25, -0.2) is 12.8 Å². The van der Waals surface area contributed by atoms with E-state index in [0.717, 1.165) is 11.1 Å². The Kier molecular flexibility index (Phi) is 7.80. The second kappa shape index (κ2) is 11.6. The number of carbonyl (C=O) groups excluding carboxylic acids is 1. The second-order valence-corrected chi connectivity index (χ2v) is 12.7. The predicted octanol–water partition coefficient (Wildman–Crippen LogP) is 4.83. The normalized spacial score (nSPS) is 17.2. The van der Waals surface area contributed by atoms with Crippen LogP contribution in [-0.2, 0) is 23.5 Å². The highest BCUT2D eigenvalue weighted by Crippen LogP contribution is 2.43. The molecule has 0 fully saturated rings. The minimum atomic E-state index is -3.99. The summed E-state index contributed by atoms with van der Waals surface area (Å²) in [5, 5.41) is 7.10. The number of benzene rings is 3. The average molecular weight is 621 g/mol. The summed E-state index contributed by atoms with van der Waals surface area (Å²) in [7, 11) is -0.723. The lowest BCUT2D eigenvalue weighted by atomic mass is 9.89. The molecule has 1 unspecified atom stereocenters. The van der Waals surface area contributed by atoms with Gasteiger partial charge in [-0.15, -0.1) is 0 Å². The van der Waals surface area contributed by atoms with Gasteiger partial charge < -0.3 is 19.5 Å². The summed E-state index contributed by atoms with van der Waals surface area (Å²) in [5.41, 5.74) is 3.27. The lowest BCUT2D eigenvalue weighted by Crippen LogP contribution is -2.41. The van der Waals surface area contributed by atoms with Gasteiger partial charge in [0, 0.05) is 20.1 Å². The first-order chi connectivity index (χ1) is 21.1. The summed E-state index contributed by atoms with van der Waals surface area (Å²) < 4.78 is 64.1. The number of aromatic nitrogens is 2. The van der Waals surface area contributed by atoms with Crippen molar-refractivity contribution in [3.05, 3.63) is 94.1 Å². The number of methoxy groups -OCH3 is 1. The quantitative estimate of drug-likeness (QED) is 0.349. The molecule has 10 nitrogen and oxygen atoms in total. The molecule has 230 valence electrons. The van der Waals surface area contributed by atoms with Crippen LogP contribution in [0.4, 0.5) is 4.39 Å². The molecule has 1 N–H and O–H groups in total. The zero-order valence-corrected chi connectivity index (χ0v) is 25.7. The molecule has 12 heteroatoms. The van der Waals surface area contributed by atoms with E-state index in [9.17, 15) is 17.6 Å². The number of nitrogens with one attached hydrogen (secondary N) is 1. The molecule has 3 aliphatic heterocycles. The van der Waals surface area contributed by atoms with Crippen molar-refractivity contribution in [2.45, 2.75) is 37.6 Å². The van der Waals surface area contributed by atoms with Crippen molar-refractivity contribution >= 4 is 15.9 Å². The number of nitrogens with zero attached hydrogens (tertiary/aromatic N) is 3. The highest BCUT2D eigenvalue weighted by Gasteiger charge is 2.40. The van der Waals surface area contributed by atoms with Crippen molar-refractivity contribution in [1.29, 1.82) is 0 Å². The average Bonchev–Trinajstić information content (AvgIpc) is 3.27. The molecular formula is C32H33FN4O6S. The molecule has 7 rings (SSSR count). The first-order valence-corrected chi connectivity index (χ1v) is 15.7. The van der Waals surface area contributed by atoms with Gasteiger partial charge in [0.1, 0.15) is 22.2 Å². The van der Waals surface area contributed by atoms with Gasteiger partial charge in [-0.05, 0) is 85.8 Å². The Morgan fingerprint density at radius 1 is 1.07 bits per heavy atom. The van der Waals surface area contributed by atoms with Crippen LogP contribution in [0, 0.1) is 19.7 Å². The number of ether oxygens (including phenoxy) is 3. The number of carbonyl (C=O) groups is 1. The van der Waals surface area contributed by atoms with Crippen LogP contribution >= 0.6 is 0 Å². The third-order valence-electron chi connectivity index (χ3n) is 8.09. The van der Waals surface area contributed by atoms with Crippen molar-refractivity contribution in [3.63, 3.8) is 0 Å². The summed E-state index contributed by atoms with van der Waals surface area (Å²) in [6.07, 6.45) is 0.864. The fraction of sp³-hybridized carbons (Fsp3) is 0.312. The molecule has 1 amide bonds. The summed E-state index contributed by atoms with van der Waals surface area (Å²) in [6.45, 7) is 4.13. The second-order valence-electron chi connectivity index (χ2n) is 10.9. The van der Waals surface area contributed by atoms with Crippen LogP contribution in [0.5, 0.6) is 23.0 Å². The Bertz CT molecular complexity index is 1870. The smallest absolute Gasteiger partial charge is 0.254 e. The molecule has 44 heavy (non-hydrogen) atoms. The molecule has 0 aliphatic carbocycles. The third kappa shape index (κ3) is 5.28. The highest BCUT2D eigenvalue weighted by molar-refractivity contribution is 7.89. The van der Waals surface area contributed by atoms with Gasteiger partial charge in [-0.3, -0.25) is 9.48 Å². The largest absolute Gasteiger partial charge is 0.493 e. The molecule has 0 radical (unpaired) electrons. The van der Waals surface area contributed by atoms with Crippen molar-refractivity contribution < 1.29 is 31.8 Å². The number of amides is 1. The van der Waals surface area contributed by atoms with E-state index < -0.39 is 27.8 Å². The zero-order chi connectivity index (χ0) is 31.2.